The summed E-state index contributed by atoms with van der Waals surface area (Å²) in [5.41, 5.74) is 0.838. The van der Waals surface area contributed by atoms with Crippen LogP contribution in [0, 0.1) is 6.92 Å². The first-order chi connectivity index (χ1) is 6.89. The van der Waals surface area contributed by atoms with Crippen LogP contribution in [0.4, 0.5) is 0 Å². The molecule has 0 amide bonds. The monoisotopic (exact) mass is 311 g/mol. The van der Waals surface area contributed by atoms with Gasteiger partial charge in [0.2, 0.25) is 0 Å². The number of hydrogen-bond donors (Lipinski definition) is 0. The average molecular weight is 313 g/mol. The van der Waals surface area contributed by atoms with Gasteiger partial charge in [-0.05, 0) is 41.4 Å². The highest BCUT2D eigenvalue weighted by Gasteiger charge is 2.24. The zero-order valence-corrected chi connectivity index (χ0v) is 11.5. The Labute approximate surface area is 103 Å². The molecule has 0 spiro atoms. The van der Waals surface area contributed by atoms with Crippen molar-refractivity contribution >= 4 is 37.4 Å². The van der Waals surface area contributed by atoms with E-state index in [0.717, 1.165) is 10.0 Å². The molecule has 0 saturated heterocycles. The zero-order chi connectivity index (χ0) is 11.6. The van der Waals surface area contributed by atoms with E-state index in [0.29, 0.717) is 0 Å². The number of halogens is 2. The second-order valence-electron chi connectivity index (χ2n) is 3.28. The van der Waals surface area contributed by atoms with Crippen LogP contribution < -0.4 is 0 Å². The number of nitrogens with zero attached hydrogens (tertiary/aromatic N) is 1. The normalized spacial score (nSPS) is 13.9. The minimum absolute atomic E-state index is 0.0686. The summed E-state index contributed by atoms with van der Waals surface area (Å²) in [5, 5.41) is -0.538. The maximum absolute atomic E-state index is 11.9. The fraction of sp³-hybridized carbons (Fsp3) is 0.444. The predicted octanol–water partition coefficient (Wildman–Crippen LogP) is 2.55. The first kappa shape index (κ1) is 12.9. The third-order valence-electron chi connectivity index (χ3n) is 2.06. The molecule has 1 atom stereocenters. The van der Waals surface area contributed by atoms with Crippen molar-refractivity contribution in [3.8, 4) is 0 Å². The van der Waals surface area contributed by atoms with Gasteiger partial charge in [0.15, 0.2) is 14.9 Å². The summed E-state index contributed by atoms with van der Waals surface area (Å²) in [7, 11) is -3.39. The SMILES string of the molecule is Cc1cc(S(=O)(=O)C(C)CCl)ncc1Br. The number of sulfone groups is 1. The fourth-order valence-electron chi connectivity index (χ4n) is 0.958. The molecule has 0 aliphatic heterocycles. The van der Waals surface area contributed by atoms with Crippen molar-refractivity contribution in [3.05, 3.63) is 22.3 Å². The molecule has 6 heteroatoms. The maximum atomic E-state index is 11.9. The Balaban J connectivity index is 3.23. The van der Waals surface area contributed by atoms with E-state index in [-0.39, 0.29) is 10.9 Å². The molecule has 84 valence electrons. The lowest BCUT2D eigenvalue weighted by Gasteiger charge is -2.09. The minimum atomic E-state index is -3.39. The highest BCUT2D eigenvalue weighted by Crippen LogP contribution is 2.20. The number of pyridine rings is 1. The Hall–Kier alpha value is -0.130. The maximum Gasteiger partial charge on any atom is 0.199 e. The Bertz CT molecular complexity index is 461. The van der Waals surface area contributed by atoms with Crippen LogP contribution in [0.2, 0.25) is 0 Å². The van der Waals surface area contributed by atoms with Crippen molar-refractivity contribution in [1.82, 2.24) is 4.98 Å². The van der Waals surface area contributed by atoms with Crippen LogP contribution >= 0.6 is 27.5 Å². The molecule has 1 rings (SSSR count). The van der Waals surface area contributed by atoms with Crippen molar-refractivity contribution < 1.29 is 8.42 Å². The second kappa shape index (κ2) is 4.80. The molecule has 1 unspecified atom stereocenters. The second-order valence-corrected chi connectivity index (χ2v) is 6.76. The van der Waals surface area contributed by atoms with Gasteiger partial charge in [-0.25, -0.2) is 13.4 Å². The molecule has 0 aromatic carbocycles. The van der Waals surface area contributed by atoms with E-state index >= 15 is 0 Å². The molecular weight excluding hydrogens is 302 g/mol. The first-order valence-corrected chi connectivity index (χ1v) is 7.19. The van der Waals surface area contributed by atoms with Gasteiger partial charge < -0.3 is 0 Å². The average Bonchev–Trinajstić information content (AvgIpc) is 2.20. The van der Waals surface area contributed by atoms with Gasteiger partial charge >= 0.3 is 0 Å². The van der Waals surface area contributed by atoms with Gasteiger partial charge in [-0.1, -0.05) is 0 Å². The van der Waals surface area contributed by atoms with Crippen molar-refractivity contribution in [3.63, 3.8) is 0 Å². The number of aryl methyl sites for hydroxylation is 1. The van der Waals surface area contributed by atoms with E-state index in [1.807, 2.05) is 6.92 Å². The summed E-state index contributed by atoms with van der Waals surface area (Å²) >= 11 is 8.81. The van der Waals surface area contributed by atoms with Crippen LogP contribution in [0.5, 0.6) is 0 Å². The minimum Gasteiger partial charge on any atom is -0.244 e. The molecule has 0 bridgehead atoms. The van der Waals surface area contributed by atoms with Gasteiger partial charge in [-0.15, -0.1) is 11.6 Å². The summed E-state index contributed by atoms with van der Waals surface area (Å²) in [6.45, 7) is 3.39. The predicted molar refractivity (Wildman–Crippen MR) is 64.0 cm³/mol. The lowest BCUT2D eigenvalue weighted by Crippen LogP contribution is -2.20. The van der Waals surface area contributed by atoms with Crippen LogP contribution in [0.25, 0.3) is 0 Å². The van der Waals surface area contributed by atoms with E-state index in [1.165, 1.54) is 6.20 Å². The zero-order valence-electron chi connectivity index (χ0n) is 8.37. The van der Waals surface area contributed by atoms with Gasteiger partial charge in [-0.2, -0.15) is 0 Å². The molecule has 0 N–H and O–H groups in total. The van der Waals surface area contributed by atoms with Crippen molar-refractivity contribution in [2.75, 3.05) is 5.88 Å². The Morgan fingerprint density at radius 2 is 2.20 bits per heavy atom. The summed E-state index contributed by atoms with van der Waals surface area (Å²) in [6, 6.07) is 1.54. The quantitative estimate of drug-likeness (QED) is 0.806. The number of rotatable bonds is 3. The summed E-state index contributed by atoms with van der Waals surface area (Å²) < 4.78 is 24.5. The van der Waals surface area contributed by atoms with Gasteiger partial charge in [-0.3, -0.25) is 0 Å². The smallest absolute Gasteiger partial charge is 0.199 e. The molecule has 1 aromatic heterocycles. The molecule has 0 aliphatic carbocycles. The van der Waals surface area contributed by atoms with Gasteiger partial charge in [0.05, 0.1) is 5.25 Å². The van der Waals surface area contributed by atoms with E-state index in [9.17, 15) is 8.42 Å². The molecule has 0 fully saturated rings. The van der Waals surface area contributed by atoms with Crippen LogP contribution in [0.1, 0.15) is 12.5 Å². The van der Waals surface area contributed by atoms with Crippen LogP contribution in [0.15, 0.2) is 21.8 Å². The van der Waals surface area contributed by atoms with Crippen LogP contribution in [0.3, 0.4) is 0 Å². The van der Waals surface area contributed by atoms with Gasteiger partial charge in [0.1, 0.15) is 0 Å². The van der Waals surface area contributed by atoms with E-state index in [1.54, 1.807) is 13.0 Å². The Morgan fingerprint density at radius 3 is 2.67 bits per heavy atom. The molecule has 0 radical (unpaired) electrons. The van der Waals surface area contributed by atoms with Crippen molar-refractivity contribution in [1.29, 1.82) is 0 Å². The number of aromatic nitrogens is 1. The van der Waals surface area contributed by atoms with Crippen molar-refractivity contribution in [2.24, 2.45) is 0 Å². The Morgan fingerprint density at radius 1 is 1.60 bits per heavy atom. The van der Waals surface area contributed by atoms with Crippen LogP contribution in [-0.2, 0) is 9.84 Å². The third-order valence-corrected chi connectivity index (χ3v) is 5.57. The highest BCUT2D eigenvalue weighted by atomic mass is 79.9. The molecule has 15 heavy (non-hydrogen) atoms. The number of hydrogen-bond acceptors (Lipinski definition) is 3. The first-order valence-electron chi connectivity index (χ1n) is 4.31. The molecule has 0 saturated carbocycles. The molecular formula is C9H11BrClNO2S. The van der Waals surface area contributed by atoms with E-state index in [2.05, 4.69) is 20.9 Å². The third kappa shape index (κ3) is 2.71. The summed E-state index contributed by atoms with van der Waals surface area (Å²) in [6.07, 6.45) is 1.49. The summed E-state index contributed by atoms with van der Waals surface area (Å²) in [5.74, 6) is 0.0686. The molecule has 0 aliphatic rings. The molecule has 1 heterocycles. The molecule has 3 nitrogen and oxygen atoms in total. The lowest BCUT2D eigenvalue weighted by atomic mass is 10.3. The lowest BCUT2D eigenvalue weighted by molar-refractivity contribution is 0.584. The highest BCUT2D eigenvalue weighted by molar-refractivity contribution is 9.10. The topological polar surface area (TPSA) is 47.0 Å². The van der Waals surface area contributed by atoms with Crippen molar-refractivity contribution in [2.45, 2.75) is 24.1 Å². The standard InChI is InChI=1S/C9H11BrClNO2S/c1-6-3-9(12-5-8(6)10)15(13,14)7(2)4-11/h3,5,7H,4H2,1-2H3. The Kier molecular flexibility index (Phi) is 4.14. The van der Waals surface area contributed by atoms with Gasteiger partial charge in [0.25, 0.3) is 0 Å². The van der Waals surface area contributed by atoms with E-state index in [4.69, 9.17) is 11.6 Å². The fourth-order valence-corrected chi connectivity index (χ4v) is 2.79. The van der Waals surface area contributed by atoms with Gasteiger partial charge in [0, 0.05) is 16.5 Å². The van der Waals surface area contributed by atoms with E-state index < -0.39 is 15.1 Å². The largest absolute Gasteiger partial charge is 0.244 e. The van der Waals surface area contributed by atoms with Crippen LogP contribution in [-0.4, -0.2) is 24.5 Å². The number of alkyl halides is 1. The molecule has 1 aromatic rings. The summed E-state index contributed by atoms with van der Waals surface area (Å²) in [4.78, 5) is 3.89.